The minimum atomic E-state index is -1.08. The topological polar surface area (TPSA) is 53.6 Å². The SMILES string of the molecule is Cc1ccc(NC(=O)[C@H]2[C@@H]3NC(=S)N(c4ccc(Br)cc4)[C@@]2(C)Oc2ccc(Cl)cc23)c(C)c1. The number of thiocarbonyl (C=S) groups is 1. The molecule has 174 valence electrons. The van der Waals surface area contributed by atoms with Gasteiger partial charge in [0.15, 0.2) is 10.8 Å². The zero-order valence-electron chi connectivity index (χ0n) is 18.9. The van der Waals surface area contributed by atoms with Crippen LogP contribution in [0.2, 0.25) is 5.02 Å². The average Bonchev–Trinajstić information content (AvgIpc) is 2.77. The van der Waals surface area contributed by atoms with E-state index >= 15 is 0 Å². The van der Waals surface area contributed by atoms with Crippen molar-refractivity contribution in [1.82, 2.24) is 5.32 Å². The number of carbonyl (C=O) groups excluding carboxylic acids is 1. The summed E-state index contributed by atoms with van der Waals surface area (Å²) in [5.74, 6) is -0.124. The minimum absolute atomic E-state index is 0.165. The molecular formula is C26H23BrClN3O2S. The third-order valence-corrected chi connectivity index (χ3v) is 7.53. The molecule has 3 aromatic carbocycles. The van der Waals surface area contributed by atoms with Crippen molar-refractivity contribution in [3.05, 3.63) is 86.8 Å². The van der Waals surface area contributed by atoms with Crippen LogP contribution in [0.5, 0.6) is 5.75 Å². The van der Waals surface area contributed by atoms with Gasteiger partial charge in [0.05, 0.1) is 6.04 Å². The number of rotatable bonds is 3. The molecule has 2 N–H and O–H groups in total. The highest BCUT2D eigenvalue weighted by atomic mass is 79.9. The molecule has 5 rings (SSSR count). The van der Waals surface area contributed by atoms with Crippen molar-refractivity contribution in [2.45, 2.75) is 32.5 Å². The summed E-state index contributed by atoms with van der Waals surface area (Å²) in [5, 5.41) is 7.59. The van der Waals surface area contributed by atoms with Crippen molar-refractivity contribution in [2.24, 2.45) is 5.92 Å². The molecule has 3 atom stereocenters. The minimum Gasteiger partial charge on any atom is -0.467 e. The van der Waals surface area contributed by atoms with Crippen molar-refractivity contribution < 1.29 is 9.53 Å². The number of anilines is 2. The van der Waals surface area contributed by atoms with Gasteiger partial charge in [0.1, 0.15) is 11.7 Å². The van der Waals surface area contributed by atoms with E-state index in [2.05, 4.69) is 26.6 Å². The molecular weight excluding hydrogens is 534 g/mol. The maximum absolute atomic E-state index is 13.9. The molecule has 0 aliphatic carbocycles. The fourth-order valence-corrected chi connectivity index (χ4v) is 5.76. The molecule has 5 nitrogen and oxygen atoms in total. The number of amides is 1. The normalized spacial score (nSPS) is 23.0. The summed E-state index contributed by atoms with van der Waals surface area (Å²) >= 11 is 15.6. The van der Waals surface area contributed by atoms with Crippen LogP contribution in [-0.4, -0.2) is 16.7 Å². The molecule has 0 saturated carbocycles. The van der Waals surface area contributed by atoms with Gasteiger partial charge >= 0.3 is 0 Å². The molecule has 1 amide bonds. The van der Waals surface area contributed by atoms with Crippen molar-refractivity contribution >= 4 is 62.1 Å². The lowest BCUT2D eigenvalue weighted by Gasteiger charge is -2.56. The van der Waals surface area contributed by atoms with E-state index in [-0.39, 0.29) is 5.91 Å². The summed E-state index contributed by atoms with van der Waals surface area (Å²) in [6.07, 6.45) is 0. The molecule has 8 heteroatoms. The highest BCUT2D eigenvalue weighted by Gasteiger charge is 2.59. The lowest BCUT2D eigenvalue weighted by atomic mass is 9.78. The second-order valence-electron chi connectivity index (χ2n) is 8.86. The Bertz CT molecular complexity index is 1320. The molecule has 0 spiro atoms. The first kappa shape index (κ1) is 23.1. The van der Waals surface area contributed by atoms with Gasteiger partial charge in [-0.15, -0.1) is 0 Å². The van der Waals surface area contributed by atoms with E-state index in [0.717, 1.165) is 32.5 Å². The second kappa shape index (κ2) is 8.56. The van der Waals surface area contributed by atoms with Crippen LogP contribution in [-0.2, 0) is 4.79 Å². The quantitative estimate of drug-likeness (QED) is 0.360. The Balaban J connectivity index is 1.63. The van der Waals surface area contributed by atoms with Gasteiger partial charge in [0.25, 0.3) is 0 Å². The largest absolute Gasteiger partial charge is 0.467 e. The maximum atomic E-state index is 13.9. The van der Waals surface area contributed by atoms with E-state index in [4.69, 9.17) is 28.6 Å². The molecule has 3 aromatic rings. The Labute approximate surface area is 217 Å². The lowest BCUT2D eigenvalue weighted by molar-refractivity contribution is -0.130. The van der Waals surface area contributed by atoms with Gasteiger partial charge in [0.2, 0.25) is 5.91 Å². The number of carbonyl (C=O) groups is 1. The number of nitrogens with one attached hydrogen (secondary N) is 2. The first-order valence-electron chi connectivity index (χ1n) is 10.9. The Kier molecular flexibility index (Phi) is 5.82. The fraction of sp³-hybridized carbons (Fsp3) is 0.231. The van der Waals surface area contributed by atoms with Crippen LogP contribution in [0.1, 0.15) is 29.7 Å². The number of fused-ring (bicyclic) bond motifs is 4. The van der Waals surface area contributed by atoms with Crippen molar-refractivity contribution in [3.63, 3.8) is 0 Å². The monoisotopic (exact) mass is 555 g/mol. The zero-order valence-corrected chi connectivity index (χ0v) is 22.0. The van der Waals surface area contributed by atoms with Crippen molar-refractivity contribution in [2.75, 3.05) is 10.2 Å². The van der Waals surface area contributed by atoms with Crippen LogP contribution in [0, 0.1) is 19.8 Å². The van der Waals surface area contributed by atoms with Crippen LogP contribution >= 0.6 is 39.7 Å². The number of benzene rings is 3. The molecule has 34 heavy (non-hydrogen) atoms. The first-order chi connectivity index (χ1) is 16.2. The van der Waals surface area contributed by atoms with E-state index in [1.165, 1.54) is 0 Å². The van der Waals surface area contributed by atoms with Gasteiger partial charge in [0, 0.05) is 26.4 Å². The van der Waals surface area contributed by atoms with Crippen molar-refractivity contribution in [3.8, 4) is 5.75 Å². The maximum Gasteiger partial charge on any atom is 0.236 e. The predicted octanol–water partition coefficient (Wildman–Crippen LogP) is 6.52. The molecule has 1 saturated heterocycles. The third kappa shape index (κ3) is 3.85. The van der Waals surface area contributed by atoms with Crippen LogP contribution in [0.15, 0.2) is 65.1 Å². The predicted molar refractivity (Wildman–Crippen MR) is 144 cm³/mol. The van der Waals surface area contributed by atoms with E-state index in [9.17, 15) is 4.79 Å². The van der Waals surface area contributed by atoms with E-state index in [0.29, 0.717) is 15.9 Å². The smallest absolute Gasteiger partial charge is 0.236 e. The Morgan fingerprint density at radius 1 is 1.15 bits per heavy atom. The fourth-order valence-electron chi connectivity index (χ4n) is 4.90. The Hall–Kier alpha value is -2.61. The highest BCUT2D eigenvalue weighted by Crippen LogP contribution is 2.50. The Morgan fingerprint density at radius 3 is 2.59 bits per heavy atom. The summed E-state index contributed by atoms with van der Waals surface area (Å²) in [4.78, 5) is 15.8. The second-order valence-corrected chi connectivity index (χ2v) is 10.6. The first-order valence-corrected chi connectivity index (χ1v) is 12.5. The van der Waals surface area contributed by atoms with Crippen LogP contribution < -0.4 is 20.3 Å². The van der Waals surface area contributed by atoms with E-state index < -0.39 is 17.7 Å². The van der Waals surface area contributed by atoms with E-state index in [1.54, 1.807) is 6.07 Å². The van der Waals surface area contributed by atoms with Gasteiger partial charge in [-0.3, -0.25) is 9.69 Å². The molecule has 1 fully saturated rings. The zero-order chi connectivity index (χ0) is 24.2. The number of ether oxygens (including phenoxy) is 1. The van der Waals surface area contributed by atoms with Gasteiger partial charge in [-0.1, -0.05) is 45.2 Å². The highest BCUT2D eigenvalue weighted by molar-refractivity contribution is 9.10. The standard InChI is InChI=1S/C26H23BrClN3O2S/c1-14-4-10-20(15(2)12-14)29-24(32)22-23-19-13-17(28)7-11-21(19)33-26(22,3)31(25(34)30-23)18-8-5-16(27)6-9-18/h4-13,22-23H,1-3H3,(H,29,32)(H,30,34)/t22-,23-,26+/m1/s1. The Morgan fingerprint density at radius 2 is 1.88 bits per heavy atom. The molecule has 2 aliphatic heterocycles. The number of aryl methyl sites for hydroxylation is 2. The van der Waals surface area contributed by atoms with Crippen LogP contribution in [0.3, 0.4) is 0 Å². The molecule has 0 radical (unpaired) electrons. The number of halogens is 2. The summed E-state index contributed by atoms with van der Waals surface area (Å²) in [7, 11) is 0. The van der Waals surface area contributed by atoms with Gasteiger partial charge in [-0.05, 0) is 87.1 Å². The van der Waals surface area contributed by atoms with Gasteiger partial charge in [-0.2, -0.15) is 0 Å². The molecule has 2 bridgehead atoms. The van der Waals surface area contributed by atoms with Crippen LogP contribution in [0.4, 0.5) is 11.4 Å². The van der Waals surface area contributed by atoms with E-state index in [1.807, 2.05) is 80.3 Å². The van der Waals surface area contributed by atoms with Gasteiger partial charge in [-0.25, -0.2) is 0 Å². The third-order valence-electron chi connectivity index (χ3n) is 6.47. The molecule has 2 aliphatic rings. The van der Waals surface area contributed by atoms with Crippen LogP contribution in [0.25, 0.3) is 0 Å². The molecule has 0 aromatic heterocycles. The summed E-state index contributed by atoms with van der Waals surface area (Å²) in [6.45, 7) is 5.93. The number of hydrogen-bond donors (Lipinski definition) is 2. The molecule has 0 unspecified atom stereocenters. The summed E-state index contributed by atoms with van der Waals surface area (Å²) < 4.78 is 7.55. The summed E-state index contributed by atoms with van der Waals surface area (Å²) in [6, 6.07) is 18.8. The molecule has 2 heterocycles. The van der Waals surface area contributed by atoms with Crippen molar-refractivity contribution in [1.29, 1.82) is 0 Å². The average molecular weight is 557 g/mol. The number of nitrogens with zero attached hydrogens (tertiary/aromatic N) is 1. The van der Waals surface area contributed by atoms with Gasteiger partial charge < -0.3 is 15.4 Å². The number of hydrogen-bond acceptors (Lipinski definition) is 3. The summed E-state index contributed by atoms with van der Waals surface area (Å²) in [5.41, 5.74) is 3.46. The lowest BCUT2D eigenvalue weighted by Crippen LogP contribution is -2.72.